The molecule has 1 aromatic carbocycles. The Kier molecular flexibility index (Phi) is 4.75. The van der Waals surface area contributed by atoms with E-state index in [0.29, 0.717) is 17.5 Å². The monoisotopic (exact) mass is 368 g/mol. The van der Waals surface area contributed by atoms with E-state index in [1.54, 1.807) is 11.3 Å². The van der Waals surface area contributed by atoms with Gasteiger partial charge in [-0.2, -0.15) is 0 Å². The molecule has 4 rings (SSSR count). The lowest BCUT2D eigenvalue weighted by atomic mass is 9.93. The summed E-state index contributed by atoms with van der Waals surface area (Å²) in [6, 6.07) is 9.34. The van der Waals surface area contributed by atoms with Crippen molar-refractivity contribution in [3.8, 4) is 0 Å². The van der Waals surface area contributed by atoms with Crippen LogP contribution in [0.1, 0.15) is 35.5 Å². The second-order valence-corrected chi connectivity index (χ2v) is 7.81. The van der Waals surface area contributed by atoms with Crippen LogP contribution in [0.3, 0.4) is 0 Å². The van der Waals surface area contributed by atoms with Gasteiger partial charge in [-0.15, -0.1) is 16.4 Å². The summed E-state index contributed by atoms with van der Waals surface area (Å²) in [5.41, 5.74) is 2.18. The van der Waals surface area contributed by atoms with Crippen molar-refractivity contribution < 1.29 is 4.79 Å². The molecular weight excluding hydrogens is 348 g/mol. The molecule has 0 unspecified atom stereocenters. The number of carbonyl (C=O) groups is 1. The molecule has 26 heavy (non-hydrogen) atoms. The molecule has 0 aliphatic heterocycles. The molecule has 2 aromatic heterocycles. The highest BCUT2D eigenvalue weighted by Crippen LogP contribution is 2.32. The zero-order valence-corrected chi connectivity index (χ0v) is 15.3. The van der Waals surface area contributed by atoms with Crippen LogP contribution in [0.15, 0.2) is 36.7 Å². The normalized spacial score (nSPS) is 17.5. The molecule has 3 aromatic rings. The quantitative estimate of drug-likeness (QED) is 0.748. The SMILES string of the molecule is C[C@@H]1CCc2nc(NC(=O)[C@@H](Cc3ccccc3)n3cnnn3)sc2C1. The Bertz CT molecular complexity index is 876. The number of aromatic nitrogens is 5. The molecule has 8 heteroatoms. The molecule has 1 amide bonds. The average molecular weight is 368 g/mol. The molecule has 1 N–H and O–H groups in total. The fourth-order valence-corrected chi connectivity index (χ4v) is 4.41. The van der Waals surface area contributed by atoms with E-state index in [-0.39, 0.29) is 5.91 Å². The lowest BCUT2D eigenvalue weighted by Gasteiger charge is -2.15. The van der Waals surface area contributed by atoms with E-state index < -0.39 is 6.04 Å². The number of anilines is 1. The number of benzene rings is 1. The van der Waals surface area contributed by atoms with Gasteiger partial charge in [-0.05, 0) is 41.2 Å². The van der Waals surface area contributed by atoms with Crippen molar-refractivity contribution in [1.82, 2.24) is 25.2 Å². The second-order valence-electron chi connectivity index (χ2n) is 6.72. The average Bonchev–Trinajstić information content (AvgIpc) is 3.29. The number of aryl methyl sites for hydroxylation is 1. The lowest BCUT2D eigenvalue weighted by Crippen LogP contribution is -2.28. The molecule has 134 valence electrons. The summed E-state index contributed by atoms with van der Waals surface area (Å²) in [7, 11) is 0. The molecule has 0 saturated carbocycles. The predicted octanol–water partition coefficient (Wildman–Crippen LogP) is 2.68. The summed E-state index contributed by atoms with van der Waals surface area (Å²) in [6.07, 6.45) is 5.18. The van der Waals surface area contributed by atoms with Crippen molar-refractivity contribution in [3.63, 3.8) is 0 Å². The second kappa shape index (κ2) is 7.33. The van der Waals surface area contributed by atoms with Gasteiger partial charge in [-0.1, -0.05) is 37.3 Å². The fraction of sp³-hybridized carbons (Fsp3) is 0.389. The summed E-state index contributed by atoms with van der Waals surface area (Å²) in [6.45, 7) is 2.26. The Morgan fingerprint density at radius 3 is 3.00 bits per heavy atom. The third-order valence-corrected chi connectivity index (χ3v) is 5.71. The van der Waals surface area contributed by atoms with Crippen LogP contribution in [-0.4, -0.2) is 31.1 Å². The molecule has 0 spiro atoms. The van der Waals surface area contributed by atoms with E-state index in [0.717, 1.165) is 30.5 Å². The first-order chi connectivity index (χ1) is 12.7. The maximum Gasteiger partial charge on any atom is 0.251 e. The molecule has 2 atom stereocenters. The van der Waals surface area contributed by atoms with Crippen molar-refractivity contribution in [1.29, 1.82) is 0 Å². The van der Waals surface area contributed by atoms with Crippen LogP contribution in [0.5, 0.6) is 0 Å². The van der Waals surface area contributed by atoms with E-state index in [2.05, 4.69) is 32.7 Å². The number of rotatable bonds is 5. The molecule has 2 heterocycles. The summed E-state index contributed by atoms with van der Waals surface area (Å²) >= 11 is 1.58. The highest BCUT2D eigenvalue weighted by Gasteiger charge is 2.25. The van der Waals surface area contributed by atoms with Gasteiger partial charge in [0.1, 0.15) is 12.4 Å². The standard InChI is InChI=1S/C18H20N6OS/c1-12-7-8-14-16(9-12)26-18(20-14)21-17(25)15(24-11-19-22-23-24)10-13-5-3-2-4-6-13/h2-6,11-12,15H,7-10H2,1H3,(H,20,21,25)/t12-,15-/m1/s1. The van der Waals surface area contributed by atoms with Crippen LogP contribution in [0.2, 0.25) is 0 Å². The number of tetrazole rings is 1. The largest absolute Gasteiger partial charge is 0.300 e. The van der Waals surface area contributed by atoms with Gasteiger partial charge in [0, 0.05) is 11.3 Å². The van der Waals surface area contributed by atoms with Crippen LogP contribution in [0.4, 0.5) is 5.13 Å². The molecule has 7 nitrogen and oxygen atoms in total. The number of carbonyl (C=O) groups excluding carboxylic acids is 1. The van der Waals surface area contributed by atoms with Crippen molar-refractivity contribution in [2.45, 2.75) is 38.6 Å². The Balaban J connectivity index is 1.53. The highest BCUT2D eigenvalue weighted by atomic mass is 32.1. The van der Waals surface area contributed by atoms with Gasteiger partial charge in [0.2, 0.25) is 0 Å². The summed E-state index contributed by atoms with van der Waals surface area (Å²) in [5, 5.41) is 14.9. The third kappa shape index (κ3) is 3.65. The van der Waals surface area contributed by atoms with Crippen LogP contribution in [0, 0.1) is 5.92 Å². The maximum absolute atomic E-state index is 12.9. The topological polar surface area (TPSA) is 85.6 Å². The van der Waals surface area contributed by atoms with Gasteiger partial charge in [0.05, 0.1) is 5.69 Å². The van der Waals surface area contributed by atoms with E-state index in [1.165, 1.54) is 15.9 Å². The molecule has 0 bridgehead atoms. The number of nitrogens with zero attached hydrogens (tertiary/aromatic N) is 5. The molecule has 0 saturated heterocycles. The number of fused-ring (bicyclic) bond motifs is 1. The van der Waals surface area contributed by atoms with E-state index in [1.807, 2.05) is 30.3 Å². The van der Waals surface area contributed by atoms with Crippen molar-refractivity contribution in [2.24, 2.45) is 5.92 Å². The van der Waals surface area contributed by atoms with E-state index in [9.17, 15) is 4.79 Å². The van der Waals surface area contributed by atoms with Crippen molar-refractivity contribution in [2.75, 3.05) is 5.32 Å². The summed E-state index contributed by atoms with van der Waals surface area (Å²) < 4.78 is 1.50. The minimum absolute atomic E-state index is 0.153. The van der Waals surface area contributed by atoms with Gasteiger partial charge < -0.3 is 5.32 Å². The minimum Gasteiger partial charge on any atom is -0.300 e. The van der Waals surface area contributed by atoms with Crippen LogP contribution in [0.25, 0.3) is 0 Å². The van der Waals surface area contributed by atoms with Gasteiger partial charge in [-0.25, -0.2) is 9.67 Å². The summed E-state index contributed by atoms with van der Waals surface area (Å²) in [5.74, 6) is 0.527. The smallest absolute Gasteiger partial charge is 0.251 e. The minimum atomic E-state index is -0.521. The van der Waals surface area contributed by atoms with Crippen LogP contribution < -0.4 is 5.32 Å². The number of nitrogens with one attached hydrogen (secondary N) is 1. The lowest BCUT2D eigenvalue weighted by molar-refractivity contribution is -0.119. The Morgan fingerprint density at radius 2 is 2.23 bits per heavy atom. The summed E-state index contributed by atoms with van der Waals surface area (Å²) in [4.78, 5) is 18.8. The van der Waals surface area contributed by atoms with Gasteiger partial charge in [0.15, 0.2) is 5.13 Å². The number of thiazole rings is 1. The molecule has 1 aliphatic carbocycles. The Hall–Kier alpha value is -2.61. The maximum atomic E-state index is 12.9. The van der Waals surface area contributed by atoms with Gasteiger partial charge >= 0.3 is 0 Å². The number of amides is 1. The fourth-order valence-electron chi connectivity index (χ4n) is 3.24. The Labute approximate surface area is 155 Å². The van der Waals surface area contributed by atoms with E-state index >= 15 is 0 Å². The number of hydrogen-bond donors (Lipinski definition) is 1. The van der Waals surface area contributed by atoms with Crippen LogP contribution in [-0.2, 0) is 24.1 Å². The first-order valence-corrected chi connectivity index (χ1v) is 9.56. The molecule has 0 fully saturated rings. The van der Waals surface area contributed by atoms with Crippen LogP contribution >= 0.6 is 11.3 Å². The number of hydrogen-bond acceptors (Lipinski definition) is 6. The zero-order chi connectivity index (χ0) is 17.9. The molecule has 1 aliphatic rings. The molecule has 0 radical (unpaired) electrons. The van der Waals surface area contributed by atoms with E-state index in [4.69, 9.17) is 0 Å². The third-order valence-electron chi connectivity index (χ3n) is 4.67. The first-order valence-electron chi connectivity index (χ1n) is 8.75. The zero-order valence-electron chi connectivity index (χ0n) is 14.5. The first kappa shape index (κ1) is 16.8. The Morgan fingerprint density at radius 1 is 1.38 bits per heavy atom. The predicted molar refractivity (Wildman–Crippen MR) is 98.9 cm³/mol. The molecular formula is C18H20N6OS. The highest BCUT2D eigenvalue weighted by molar-refractivity contribution is 7.15. The van der Waals surface area contributed by atoms with Crippen molar-refractivity contribution >= 4 is 22.4 Å². The van der Waals surface area contributed by atoms with Gasteiger partial charge in [0.25, 0.3) is 5.91 Å². The van der Waals surface area contributed by atoms with Crippen molar-refractivity contribution in [3.05, 3.63) is 52.8 Å². The van der Waals surface area contributed by atoms with Gasteiger partial charge in [-0.3, -0.25) is 4.79 Å².